The zero-order valence-corrected chi connectivity index (χ0v) is 11.7. The lowest BCUT2D eigenvalue weighted by molar-refractivity contribution is 0.475. The molecule has 4 heteroatoms. The second-order valence-corrected chi connectivity index (χ2v) is 5.24. The molecule has 0 atom stereocenters. The molecule has 0 bridgehead atoms. The number of phenols is 2. The molecule has 19 heavy (non-hydrogen) atoms. The highest BCUT2D eigenvalue weighted by molar-refractivity contribution is 6.32. The Balaban J connectivity index is 1.92. The van der Waals surface area contributed by atoms with Gasteiger partial charge in [-0.25, -0.2) is 0 Å². The Hall–Kier alpha value is -1.38. The molecule has 100 valence electrons. The Bertz CT molecular complexity index is 531. The highest BCUT2D eigenvalue weighted by Crippen LogP contribution is 2.26. The van der Waals surface area contributed by atoms with Crippen LogP contribution in [0.1, 0.15) is 17.5 Å². The van der Waals surface area contributed by atoms with Gasteiger partial charge in [0.05, 0.1) is 10.0 Å². The van der Waals surface area contributed by atoms with E-state index in [-0.39, 0.29) is 11.5 Å². The van der Waals surface area contributed by atoms with Crippen LogP contribution in [-0.2, 0) is 12.8 Å². The highest BCUT2D eigenvalue weighted by atomic mass is 35.5. The lowest BCUT2D eigenvalue weighted by Gasteiger charge is -2.05. The Morgan fingerprint density at radius 2 is 1.16 bits per heavy atom. The van der Waals surface area contributed by atoms with Crippen LogP contribution in [0, 0.1) is 0 Å². The number of rotatable bonds is 4. The van der Waals surface area contributed by atoms with E-state index < -0.39 is 0 Å². The van der Waals surface area contributed by atoms with Crippen molar-refractivity contribution in [2.24, 2.45) is 0 Å². The van der Waals surface area contributed by atoms with Crippen LogP contribution in [0.4, 0.5) is 0 Å². The normalized spacial score (nSPS) is 10.6. The molecule has 2 N–H and O–H groups in total. The fourth-order valence-electron chi connectivity index (χ4n) is 1.91. The van der Waals surface area contributed by atoms with Gasteiger partial charge >= 0.3 is 0 Å². The summed E-state index contributed by atoms with van der Waals surface area (Å²) in [7, 11) is 0. The minimum Gasteiger partial charge on any atom is -0.506 e. The van der Waals surface area contributed by atoms with Gasteiger partial charge in [-0.15, -0.1) is 0 Å². The standard InChI is InChI=1S/C15H14Cl2O2/c16-12-8-10(4-6-14(12)18)2-1-3-11-5-7-15(19)13(17)9-11/h4-9,18-19H,1-3H2. The second-order valence-electron chi connectivity index (χ2n) is 4.43. The van der Waals surface area contributed by atoms with E-state index in [4.69, 9.17) is 23.2 Å². The van der Waals surface area contributed by atoms with Gasteiger partial charge in [-0.3, -0.25) is 0 Å². The summed E-state index contributed by atoms with van der Waals surface area (Å²) in [5, 5.41) is 19.4. The molecular weight excluding hydrogens is 283 g/mol. The molecule has 0 unspecified atom stereocenters. The van der Waals surface area contributed by atoms with E-state index >= 15 is 0 Å². The number of hydrogen-bond donors (Lipinski definition) is 2. The van der Waals surface area contributed by atoms with Crippen molar-refractivity contribution in [1.82, 2.24) is 0 Å². The number of aromatic hydroxyl groups is 2. The first kappa shape index (κ1) is 14.0. The number of aryl methyl sites for hydroxylation is 2. The van der Waals surface area contributed by atoms with E-state index in [1.165, 1.54) is 0 Å². The summed E-state index contributed by atoms with van der Waals surface area (Å²) >= 11 is 11.7. The summed E-state index contributed by atoms with van der Waals surface area (Å²) in [5.41, 5.74) is 2.18. The third-order valence-electron chi connectivity index (χ3n) is 2.96. The fourth-order valence-corrected chi connectivity index (χ4v) is 2.31. The molecule has 0 radical (unpaired) electrons. The monoisotopic (exact) mass is 296 g/mol. The molecular formula is C15H14Cl2O2. The number of phenolic OH excluding ortho intramolecular Hbond substituents is 2. The van der Waals surface area contributed by atoms with Crippen molar-refractivity contribution in [3.63, 3.8) is 0 Å². The van der Waals surface area contributed by atoms with Gasteiger partial charge in [0.25, 0.3) is 0 Å². The van der Waals surface area contributed by atoms with E-state index in [0.717, 1.165) is 30.4 Å². The van der Waals surface area contributed by atoms with E-state index in [9.17, 15) is 10.2 Å². The Morgan fingerprint density at radius 3 is 1.53 bits per heavy atom. The van der Waals surface area contributed by atoms with Gasteiger partial charge in [-0.1, -0.05) is 35.3 Å². The molecule has 0 saturated heterocycles. The van der Waals surface area contributed by atoms with Crippen molar-refractivity contribution in [3.8, 4) is 11.5 Å². The zero-order chi connectivity index (χ0) is 13.8. The van der Waals surface area contributed by atoms with Crippen molar-refractivity contribution in [1.29, 1.82) is 0 Å². The third-order valence-corrected chi connectivity index (χ3v) is 3.56. The SMILES string of the molecule is Oc1ccc(CCCc2ccc(O)c(Cl)c2)cc1Cl. The average Bonchev–Trinajstić information content (AvgIpc) is 2.38. The van der Waals surface area contributed by atoms with Gasteiger partial charge in [0.2, 0.25) is 0 Å². The quantitative estimate of drug-likeness (QED) is 0.867. The average molecular weight is 297 g/mol. The van der Waals surface area contributed by atoms with E-state index in [1.807, 2.05) is 12.1 Å². The van der Waals surface area contributed by atoms with Gasteiger partial charge in [-0.05, 0) is 54.7 Å². The van der Waals surface area contributed by atoms with Crippen LogP contribution in [0.2, 0.25) is 10.0 Å². The summed E-state index contributed by atoms with van der Waals surface area (Å²) in [6, 6.07) is 10.5. The van der Waals surface area contributed by atoms with Crippen LogP contribution in [0.15, 0.2) is 36.4 Å². The predicted molar refractivity (Wildman–Crippen MR) is 78.3 cm³/mol. The van der Waals surface area contributed by atoms with Crippen LogP contribution in [-0.4, -0.2) is 10.2 Å². The van der Waals surface area contributed by atoms with Crippen molar-refractivity contribution in [3.05, 3.63) is 57.6 Å². The largest absolute Gasteiger partial charge is 0.506 e. The lowest BCUT2D eigenvalue weighted by atomic mass is 10.0. The maximum atomic E-state index is 9.33. The van der Waals surface area contributed by atoms with E-state index in [1.54, 1.807) is 24.3 Å². The second kappa shape index (κ2) is 6.18. The highest BCUT2D eigenvalue weighted by Gasteiger charge is 2.02. The predicted octanol–water partition coefficient (Wildman–Crippen LogP) is 4.58. The minimum atomic E-state index is 0.107. The first-order chi connectivity index (χ1) is 9.06. The van der Waals surface area contributed by atoms with Gasteiger partial charge < -0.3 is 10.2 Å². The smallest absolute Gasteiger partial charge is 0.134 e. The number of benzene rings is 2. The maximum absolute atomic E-state index is 9.33. The Morgan fingerprint density at radius 1 is 0.737 bits per heavy atom. The Labute approximate surface area is 122 Å². The molecule has 0 aromatic heterocycles. The van der Waals surface area contributed by atoms with E-state index in [0.29, 0.717) is 10.0 Å². The first-order valence-corrected chi connectivity index (χ1v) is 6.76. The molecule has 0 aliphatic heterocycles. The van der Waals surface area contributed by atoms with Crippen molar-refractivity contribution in [2.75, 3.05) is 0 Å². The molecule has 0 spiro atoms. The molecule has 0 saturated carbocycles. The van der Waals surface area contributed by atoms with Gasteiger partial charge in [0.1, 0.15) is 11.5 Å². The van der Waals surface area contributed by atoms with Crippen LogP contribution in [0.25, 0.3) is 0 Å². The molecule has 2 nitrogen and oxygen atoms in total. The lowest BCUT2D eigenvalue weighted by Crippen LogP contribution is -1.90. The molecule has 2 aromatic rings. The maximum Gasteiger partial charge on any atom is 0.134 e. The molecule has 2 aromatic carbocycles. The van der Waals surface area contributed by atoms with E-state index in [2.05, 4.69) is 0 Å². The van der Waals surface area contributed by atoms with Crippen molar-refractivity contribution >= 4 is 23.2 Å². The van der Waals surface area contributed by atoms with Gasteiger partial charge in [-0.2, -0.15) is 0 Å². The summed E-state index contributed by atoms with van der Waals surface area (Å²) in [6.45, 7) is 0. The van der Waals surface area contributed by atoms with Crippen LogP contribution in [0.3, 0.4) is 0 Å². The molecule has 0 amide bonds. The summed E-state index contributed by atoms with van der Waals surface area (Å²) in [6.07, 6.45) is 2.69. The van der Waals surface area contributed by atoms with Crippen LogP contribution < -0.4 is 0 Å². The van der Waals surface area contributed by atoms with Gasteiger partial charge in [0.15, 0.2) is 0 Å². The molecule has 0 fully saturated rings. The van der Waals surface area contributed by atoms with Crippen LogP contribution >= 0.6 is 23.2 Å². The van der Waals surface area contributed by atoms with Crippen LogP contribution in [0.5, 0.6) is 11.5 Å². The minimum absolute atomic E-state index is 0.107. The summed E-state index contributed by atoms with van der Waals surface area (Å²) in [4.78, 5) is 0. The topological polar surface area (TPSA) is 40.5 Å². The van der Waals surface area contributed by atoms with Gasteiger partial charge in [0, 0.05) is 0 Å². The fraction of sp³-hybridized carbons (Fsp3) is 0.200. The zero-order valence-electron chi connectivity index (χ0n) is 10.2. The molecule has 2 rings (SSSR count). The molecule has 0 aliphatic rings. The number of halogens is 2. The molecule has 0 heterocycles. The van der Waals surface area contributed by atoms with Crippen molar-refractivity contribution < 1.29 is 10.2 Å². The Kier molecular flexibility index (Phi) is 4.56. The van der Waals surface area contributed by atoms with Crippen molar-refractivity contribution in [2.45, 2.75) is 19.3 Å². The first-order valence-electron chi connectivity index (χ1n) is 6.01. The third kappa shape index (κ3) is 3.79. The molecule has 0 aliphatic carbocycles. The number of hydrogen-bond acceptors (Lipinski definition) is 2. The summed E-state index contributed by atoms with van der Waals surface area (Å²) in [5.74, 6) is 0.214. The summed E-state index contributed by atoms with van der Waals surface area (Å²) < 4.78 is 0.